The van der Waals surface area contributed by atoms with Gasteiger partial charge in [0.25, 0.3) is 0 Å². The van der Waals surface area contributed by atoms with Crippen molar-refractivity contribution >= 4 is 0 Å². The van der Waals surface area contributed by atoms with Crippen LogP contribution in [0.25, 0.3) is 0 Å². The summed E-state index contributed by atoms with van der Waals surface area (Å²) in [6.45, 7) is 15.4. The Morgan fingerprint density at radius 3 is 1.86 bits per heavy atom. The van der Waals surface area contributed by atoms with Crippen LogP contribution < -0.4 is 0 Å². The predicted octanol–water partition coefficient (Wildman–Crippen LogP) is 11.4. The van der Waals surface area contributed by atoms with Crippen molar-refractivity contribution < 1.29 is 14.6 Å². The summed E-state index contributed by atoms with van der Waals surface area (Å²) in [6, 6.07) is 0. The van der Waals surface area contributed by atoms with Gasteiger partial charge in [-0.3, -0.25) is 0 Å². The van der Waals surface area contributed by atoms with Crippen LogP contribution in [0, 0.1) is 52.8 Å². The quantitative estimate of drug-likeness (QED) is 0.201. The van der Waals surface area contributed by atoms with E-state index in [1.54, 1.807) is 0 Å². The summed E-state index contributed by atoms with van der Waals surface area (Å²) in [4.78, 5) is 0. The lowest BCUT2D eigenvalue weighted by Crippen LogP contribution is -2.33. The van der Waals surface area contributed by atoms with Crippen molar-refractivity contribution in [2.45, 2.75) is 195 Å². The molecule has 252 valence electrons. The number of hydrogen-bond acceptors (Lipinski definition) is 3. The molecular weight excluding hydrogens is 528 g/mol. The molecule has 0 spiro atoms. The van der Waals surface area contributed by atoms with Crippen molar-refractivity contribution in [1.29, 1.82) is 0 Å². The van der Waals surface area contributed by atoms with Crippen molar-refractivity contribution in [2.75, 3.05) is 6.61 Å². The third kappa shape index (κ3) is 11.6. The molecule has 3 heteroatoms. The van der Waals surface area contributed by atoms with Crippen LogP contribution in [0.5, 0.6) is 0 Å². The van der Waals surface area contributed by atoms with Gasteiger partial charge in [-0.2, -0.15) is 0 Å². The molecule has 4 aliphatic carbocycles. The van der Waals surface area contributed by atoms with Crippen LogP contribution in [0.2, 0.25) is 0 Å². The molecule has 4 rings (SSSR count). The van der Waals surface area contributed by atoms with Crippen molar-refractivity contribution in [1.82, 2.24) is 0 Å². The molecule has 43 heavy (non-hydrogen) atoms. The molecule has 0 saturated heterocycles. The maximum absolute atomic E-state index is 10.3. The molecule has 0 bridgehead atoms. The topological polar surface area (TPSA) is 38.7 Å². The summed E-state index contributed by atoms with van der Waals surface area (Å²) >= 11 is 0. The Morgan fingerprint density at radius 1 is 0.674 bits per heavy atom. The molecule has 0 aromatic carbocycles. The van der Waals surface area contributed by atoms with Crippen molar-refractivity contribution in [3.05, 3.63) is 0 Å². The maximum atomic E-state index is 10.3. The second-order valence-corrected chi connectivity index (χ2v) is 17.3. The number of rotatable bonds is 14. The Hall–Kier alpha value is -0.120. The van der Waals surface area contributed by atoms with Gasteiger partial charge >= 0.3 is 0 Å². The second kappa shape index (κ2) is 17.7. The Kier molecular flexibility index (Phi) is 14.7. The molecule has 0 aromatic rings. The van der Waals surface area contributed by atoms with Gasteiger partial charge < -0.3 is 14.6 Å². The zero-order chi connectivity index (χ0) is 30.8. The molecule has 0 radical (unpaired) electrons. The maximum Gasteiger partial charge on any atom is 0.155 e. The van der Waals surface area contributed by atoms with Crippen LogP contribution in [0.1, 0.15) is 176 Å². The van der Waals surface area contributed by atoms with Crippen LogP contribution in [0.15, 0.2) is 0 Å². The fourth-order valence-electron chi connectivity index (χ4n) is 10.2. The summed E-state index contributed by atoms with van der Waals surface area (Å²) < 4.78 is 12.6. The minimum atomic E-state index is -0.0573. The first-order chi connectivity index (χ1) is 20.6. The molecule has 3 nitrogen and oxygen atoms in total. The van der Waals surface area contributed by atoms with E-state index in [9.17, 15) is 5.11 Å². The van der Waals surface area contributed by atoms with E-state index < -0.39 is 0 Å². The lowest BCUT2D eigenvalue weighted by Gasteiger charge is -2.42. The molecule has 4 aliphatic rings. The Balaban J connectivity index is 1.24. The van der Waals surface area contributed by atoms with E-state index in [4.69, 9.17) is 9.47 Å². The standard InChI is InChI=1S/C40H74O3/c1-7-32(34-17-23-39(24-18-34)43-30(3)42-26-25-31-11-9-8-10-12-31)28-36(35-15-21-38(41)22-16-35)27-29(2)33-13-19-37(20-14-33)40(4,5)6/h29-39,41H,7-28H2,1-6H3. The van der Waals surface area contributed by atoms with Gasteiger partial charge in [0.2, 0.25) is 0 Å². The van der Waals surface area contributed by atoms with Crippen LogP contribution >= 0.6 is 0 Å². The molecular formula is C40H74O3. The molecule has 0 heterocycles. The van der Waals surface area contributed by atoms with Crippen molar-refractivity contribution in [3.8, 4) is 0 Å². The van der Waals surface area contributed by atoms with Crippen LogP contribution in [-0.2, 0) is 9.47 Å². The molecule has 0 amide bonds. The van der Waals surface area contributed by atoms with Crippen molar-refractivity contribution in [2.24, 2.45) is 52.8 Å². The zero-order valence-electron chi connectivity index (χ0n) is 29.7. The van der Waals surface area contributed by atoms with Gasteiger partial charge in [0.05, 0.1) is 12.2 Å². The van der Waals surface area contributed by atoms with E-state index in [-0.39, 0.29) is 12.4 Å². The summed E-state index contributed by atoms with van der Waals surface area (Å²) in [7, 11) is 0. The minimum Gasteiger partial charge on any atom is -0.393 e. The van der Waals surface area contributed by atoms with E-state index in [0.717, 1.165) is 66.8 Å². The zero-order valence-corrected chi connectivity index (χ0v) is 29.7. The monoisotopic (exact) mass is 603 g/mol. The highest BCUT2D eigenvalue weighted by molar-refractivity contribution is 4.87. The third-order valence-electron chi connectivity index (χ3n) is 13.4. The molecule has 4 fully saturated rings. The first-order valence-electron chi connectivity index (χ1n) is 19.6. The lowest BCUT2D eigenvalue weighted by molar-refractivity contribution is -0.170. The number of aliphatic hydroxyl groups is 1. The number of aliphatic hydroxyl groups excluding tert-OH is 1. The van der Waals surface area contributed by atoms with Gasteiger partial charge in [0, 0.05) is 6.61 Å². The summed E-state index contributed by atoms with van der Waals surface area (Å²) in [5.74, 6) is 6.96. The molecule has 1 N–H and O–H groups in total. The Bertz CT molecular complexity index is 729. The van der Waals surface area contributed by atoms with E-state index in [0.29, 0.717) is 11.5 Å². The summed E-state index contributed by atoms with van der Waals surface area (Å²) in [5.41, 5.74) is 0.470. The van der Waals surface area contributed by atoms with Gasteiger partial charge in [0.1, 0.15) is 0 Å². The Labute approximate surface area is 268 Å². The van der Waals surface area contributed by atoms with Gasteiger partial charge in [-0.05, 0) is 156 Å². The van der Waals surface area contributed by atoms with E-state index in [1.807, 2.05) is 0 Å². The molecule has 4 unspecified atom stereocenters. The average Bonchev–Trinajstić information content (AvgIpc) is 3.00. The molecule has 4 saturated carbocycles. The van der Waals surface area contributed by atoms with Gasteiger partial charge in [0.15, 0.2) is 6.29 Å². The average molecular weight is 603 g/mol. The van der Waals surface area contributed by atoms with Gasteiger partial charge in [-0.15, -0.1) is 0 Å². The Morgan fingerprint density at radius 2 is 1.26 bits per heavy atom. The highest BCUT2D eigenvalue weighted by Crippen LogP contribution is 2.46. The fraction of sp³-hybridized carbons (Fsp3) is 1.00. The normalized spacial score (nSPS) is 34.4. The largest absolute Gasteiger partial charge is 0.393 e. The number of hydrogen-bond donors (Lipinski definition) is 1. The van der Waals surface area contributed by atoms with E-state index in [1.165, 1.54) is 122 Å². The summed E-state index contributed by atoms with van der Waals surface area (Å²) in [6.07, 6.45) is 28.2. The van der Waals surface area contributed by atoms with Gasteiger partial charge in [-0.25, -0.2) is 0 Å². The highest BCUT2D eigenvalue weighted by Gasteiger charge is 2.36. The first-order valence-corrected chi connectivity index (χ1v) is 19.6. The van der Waals surface area contributed by atoms with E-state index in [2.05, 4.69) is 41.5 Å². The lowest BCUT2D eigenvalue weighted by atomic mass is 9.64. The van der Waals surface area contributed by atoms with Crippen LogP contribution in [-0.4, -0.2) is 30.2 Å². The SMILES string of the molecule is CCC(CC(CC(C)C1CCC(C(C)(C)C)CC1)C1CCC(O)CC1)C1CCC(OC(C)OCCC2CCCCC2)CC1. The predicted molar refractivity (Wildman–Crippen MR) is 182 cm³/mol. The summed E-state index contributed by atoms with van der Waals surface area (Å²) in [5, 5.41) is 10.3. The van der Waals surface area contributed by atoms with E-state index >= 15 is 0 Å². The smallest absolute Gasteiger partial charge is 0.155 e. The van der Waals surface area contributed by atoms with Gasteiger partial charge in [-0.1, -0.05) is 73.1 Å². The first kappa shape index (κ1) is 35.7. The highest BCUT2D eigenvalue weighted by atomic mass is 16.7. The third-order valence-corrected chi connectivity index (χ3v) is 13.4. The molecule has 4 atom stereocenters. The minimum absolute atomic E-state index is 0.0436. The fourth-order valence-corrected chi connectivity index (χ4v) is 10.2. The van der Waals surface area contributed by atoms with Crippen LogP contribution in [0.4, 0.5) is 0 Å². The van der Waals surface area contributed by atoms with Crippen LogP contribution in [0.3, 0.4) is 0 Å². The van der Waals surface area contributed by atoms with Crippen molar-refractivity contribution in [3.63, 3.8) is 0 Å². The molecule has 0 aliphatic heterocycles. The molecule has 0 aromatic heterocycles. The number of ether oxygens (including phenoxy) is 2. The second-order valence-electron chi connectivity index (χ2n) is 17.3.